The van der Waals surface area contributed by atoms with Gasteiger partial charge in [0.15, 0.2) is 0 Å². The molecule has 3 heterocycles. The summed E-state index contributed by atoms with van der Waals surface area (Å²) in [5, 5.41) is 8.41. The molecule has 1 aromatic carbocycles. The molecule has 0 aliphatic rings. The van der Waals surface area contributed by atoms with Crippen LogP contribution in [-0.2, 0) is 11.8 Å². The van der Waals surface area contributed by atoms with E-state index in [1.54, 1.807) is 29.0 Å². The molecule has 0 aliphatic heterocycles. The minimum absolute atomic E-state index is 0.149. The molecule has 4 aromatic rings. The molecule has 8 heteroatoms. The highest BCUT2D eigenvalue weighted by Gasteiger charge is 2.15. The molecule has 0 atom stereocenters. The number of hydrogen-bond donors (Lipinski definition) is 1. The Kier molecular flexibility index (Phi) is 4.83. The Balaban J connectivity index is 1.78. The number of carbonyl (C=O) groups is 1. The van der Waals surface area contributed by atoms with Gasteiger partial charge in [-0.25, -0.2) is 4.98 Å². The third kappa shape index (κ3) is 3.32. The Bertz CT molecular complexity index is 1270. The van der Waals surface area contributed by atoms with Gasteiger partial charge in [-0.15, -0.1) is 0 Å². The molecule has 0 unspecified atom stereocenters. The van der Waals surface area contributed by atoms with Crippen LogP contribution < -0.4 is 10.2 Å². The van der Waals surface area contributed by atoms with Gasteiger partial charge < -0.3 is 14.8 Å². The van der Waals surface area contributed by atoms with Gasteiger partial charge in [0, 0.05) is 49.2 Å². The minimum Gasteiger partial charge on any atom is -0.312 e. The zero-order valence-electron chi connectivity index (χ0n) is 17.4. The van der Waals surface area contributed by atoms with Gasteiger partial charge in [-0.05, 0) is 43.7 Å². The van der Waals surface area contributed by atoms with Gasteiger partial charge in [0.2, 0.25) is 11.9 Å². The minimum atomic E-state index is -0.149. The smallest absolute Gasteiger partial charge is 0.250 e. The Labute approximate surface area is 174 Å². The van der Waals surface area contributed by atoms with Gasteiger partial charge in [-0.2, -0.15) is 10.1 Å². The van der Waals surface area contributed by atoms with E-state index in [2.05, 4.69) is 26.5 Å². The van der Waals surface area contributed by atoms with E-state index >= 15 is 0 Å². The normalized spacial score (nSPS) is 10.9. The SMILES string of the molecule is C=CC(=O)N(C)c1ccc2c(c1)c(C)cn2-c1nc(Nc2ccnn2C)ncc1C. The number of aryl methyl sites for hydroxylation is 3. The maximum Gasteiger partial charge on any atom is 0.250 e. The maximum atomic E-state index is 12.0. The molecular weight excluding hydrogens is 378 g/mol. The number of carbonyl (C=O) groups excluding carboxylic acids is 1. The number of aromatic nitrogens is 5. The number of hydrogen-bond acceptors (Lipinski definition) is 5. The standard InChI is InChI=1S/C22H23N7O/c1-6-20(30)27(4)16-7-8-18-17(11-16)15(3)13-29(18)21-14(2)12-23-22(26-21)25-19-9-10-24-28(19)5/h6-13H,1H2,2-5H3,(H,23,25,26). The van der Waals surface area contributed by atoms with Crippen molar-refractivity contribution >= 4 is 34.3 Å². The molecule has 0 fully saturated rings. The number of nitrogens with zero attached hydrogens (tertiary/aromatic N) is 6. The van der Waals surface area contributed by atoms with Gasteiger partial charge in [0.25, 0.3) is 0 Å². The lowest BCUT2D eigenvalue weighted by molar-refractivity contribution is -0.113. The van der Waals surface area contributed by atoms with E-state index in [9.17, 15) is 4.79 Å². The first-order chi connectivity index (χ1) is 14.4. The van der Waals surface area contributed by atoms with Crippen LogP contribution in [0.3, 0.4) is 0 Å². The Morgan fingerprint density at radius 2 is 2.03 bits per heavy atom. The molecular formula is C22H23N7O. The molecule has 0 saturated carbocycles. The van der Waals surface area contributed by atoms with Crippen molar-refractivity contribution in [1.29, 1.82) is 0 Å². The summed E-state index contributed by atoms with van der Waals surface area (Å²) in [6.07, 6.45) is 6.87. The predicted octanol–water partition coefficient (Wildman–Crippen LogP) is 3.66. The number of rotatable bonds is 5. The van der Waals surface area contributed by atoms with Crippen LogP contribution in [0.1, 0.15) is 11.1 Å². The summed E-state index contributed by atoms with van der Waals surface area (Å²) in [6, 6.07) is 7.79. The van der Waals surface area contributed by atoms with E-state index in [-0.39, 0.29) is 5.91 Å². The fraction of sp³-hybridized carbons (Fsp3) is 0.182. The molecule has 0 radical (unpaired) electrons. The fourth-order valence-electron chi connectivity index (χ4n) is 3.38. The van der Waals surface area contributed by atoms with E-state index < -0.39 is 0 Å². The van der Waals surface area contributed by atoms with Gasteiger partial charge in [-0.3, -0.25) is 9.48 Å². The third-order valence-corrected chi connectivity index (χ3v) is 5.11. The van der Waals surface area contributed by atoms with Crippen LogP contribution in [0.5, 0.6) is 0 Å². The molecule has 0 bridgehead atoms. The number of fused-ring (bicyclic) bond motifs is 1. The van der Waals surface area contributed by atoms with Crippen LogP contribution in [0, 0.1) is 13.8 Å². The summed E-state index contributed by atoms with van der Waals surface area (Å²) in [5.41, 5.74) is 3.85. The molecule has 8 nitrogen and oxygen atoms in total. The van der Waals surface area contributed by atoms with Crippen LogP contribution in [-0.4, -0.2) is 37.3 Å². The van der Waals surface area contributed by atoms with Crippen LogP contribution in [0.4, 0.5) is 17.5 Å². The highest BCUT2D eigenvalue weighted by molar-refractivity contribution is 6.02. The van der Waals surface area contributed by atoms with Crippen molar-refractivity contribution in [3.63, 3.8) is 0 Å². The van der Waals surface area contributed by atoms with E-state index in [0.29, 0.717) is 5.95 Å². The molecule has 1 amide bonds. The Morgan fingerprint density at radius 1 is 1.23 bits per heavy atom. The van der Waals surface area contributed by atoms with Crippen molar-refractivity contribution in [3.8, 4) is 5.82 Å². The van der Waals surface area contributed by atoms with E-state index in [1.165, 1.54) is 6.08 Å². The molecule has 0 aliphatic carbocycles. The average molecular weight is 401 g/mol. The molecule has 1 N–H and O–H groups in total. The Hall–Kier alpha value is -3.94. The van der Waals surface area contributed by atoms with E-state index in [4.69, 9.17) is 4.98 Å². The van der Waals surface area contributed by atoms with Gasteiger partial charge >= 0.3 is 0 Å². The summed E-state index contributed by atoms with van der Waals surface area (Å²) in [4.78, 5) is 22.7. The van der Waals surface area contributed by atoms with Crippen LogP contribution >= 0.6 is 0 Å². The molecule has 152 valence electrons. The largest absolute Gasteiger partial charge is 0.312 e. The second-order valence-electron chi connectivity index (χ2n) is 7.15. The zero-order valence-corrected chi connectivity index (χ0v) is 17.4. The quantitative estimate of drug-likeness (QED) is 0.516. The molecule has 0 spiro atoms. The first-order valence-corrected chi connectivity index (χ1v) is 9.50. The number of amides is 1. The van der Waals surface area contributed by atoms with Crippen molar-refractivity contribution in [2.24, 2.45) is 7.05 Å². The summed E-state index contributed by atoms with van der Waals surface area (Å²) in [5.74, 6) is 1.93. The third-order valence-electron chi connectivity index (χ3n) is 5.11. The molecule has 0 saturated heterocycles. The first kappa shape index (κ1) is 19.4. The maximum absolute atomic E-state index is 12.0. The van der Waals surface area contributed by atoms with Crippen molar-refractivity contribution < 1.29 is 4.79 Å². The van der Waals surface area contributed by atoms with Gasteiger partial charge in [0.05, 0.1) is 11.7 Å². The summed E-state index contributed by atoms with van der Waals surface area (Å²) < 4.78 is 3.77. The first-order valence-electron chi connectivity index (χ1n) is 9.50. The highest BCUT2D eigenvalue weighted by Crippen LogP contribution is 2.29. The van der Waals surface area contributed by atoms with Crippen molar-refractivity contribution in [2.45, 2.75) is 13.8 Å². The predicted molar refractivity (Wildman–Crippen MR) is 118 cm³/mol. The van der Waals surface area contributed by atoms with Gasteiger partial charge in [0.1, 0.15) is 11.6 Å². The second kappa shape index (κ2) is 7.47. The molecule has 3 aromatic heterocycles. The fourth-order valence-corrected chi connectivity index (χ4v) is 3.38. The lowest BCUT2D eigenvalue weighted by Crippen LogP contribution is -2.23. The van der Waals surface area contributed by atoms with Crippen LogP contribution in [0.15, 0.2) is 55.5 Å². The monoisotopic (exact) mass is 401 g/mol. The Morgan fingerprint density at radius 3 is 2.73 bits per heavy atom. The van der Waals surface area contributed by atoms with Crippen LogP contribution in [0.2, 0.25) is 0 Å². The summed E-state index contributed by atoms with van der Waals surface area (Å²) in [7, 11) is 3.59. The average Bonchev–Trinajstić information content (AvgIpc) is 3.30. The lowest BCUT2D eigenvalue weighted by atomic mass is 10.1. The topological polar surface area (TPSA) is 80.9 Å². The molecule has 30 heavy (non-hydrogen) atoms. The number of anilines is 3. The van der Waals surface area contributed by atoms with Gasteiger partial charge in [-0.1, -0.05) is 6.58 Å². The second-order valence-corrected chi connectivity index (χ2v) is 7.15. The van der Waals surface area contributed by atoms with Crippen molar-refractivity contribution in [2.75, 3.05) is 17.3 Å². The summed E-state index contributed by atoms with van der Waals surface area (Å²) >= 11 is 0. The van der Waals surface area contributed by atoms with Crippen molar-refractivity contribution in [1.82, 2.24) is 24.3 Å². The molecule has 4 rings (SSSR count). The van der Waals surface area contributed by atoms with Crippen LogP contribution in [0.25, 0.3) is 16.7 Å². The number of likely N-dealkylation sites (N-methyl/N-ethyl adjacent to an activating group) is 1. The van der Waals surface area contributed by atoms with E-state index in [1.807, 2.05) is 51.4 Å². The zero-order chi connectivity index (χ0) is 21.4. The highest BCUT2D eigenvalue weighted by atomic mass is 16.2. The number of benzene rings is 1. The van der Waals surface area contributed by atoms with Crippen molar-refractivity contribution in [3.05, 3.63) is 66.6 Å². The van der Waals surface area contributed by atoms with E-state index in [0.717, 1.165) is 39.4 Å². The summed E-state index contributed by atoms with van der Waals surface area (Å²) in [6.45, 7) is 7.59. The number of nitrogens with one attached hydrogen (secondary N) is 1. The lowest BCUT2D eigenvalue weighted by Gasteiger charge is -2.16.